The van der Waals surface area contributed by atoms with Crippen LogP contribution in [-0.2, 0) is 0 Å². The van der Waals surface area contributed by atoms with Crippen molar-refractivity contribution in [3.8, 4) is 11.5 Å². The van der Waals surface area contributed by atoms with Crippen molar-refractivity contribution in [3.05, 3.63) is 28.8 Å². The molecule has 3 rings (SSSR count). The monoisotopic (exact) mass is 305 g/mol. The first kappa shape index (κ1) is 11.5. The van der Waals surface area contributed by atoms with Gasteiger partial charge in [-0.25, -0.2) is 19.9 Å². The average molecular weight is 306 g/mol. The molecule has 2 heterocycles. The van der Waals surface area contributed by atoms with Gasteiger partial charge in [0.25, 0.3) is 0 Å². The molecule has 5 nitrogen and oxygen atoms in total. The van der Waals surface area contributed by atoms with E-state index in [0.29, 0.717) is 11.7 Å². The molecule has 2 aromatic heterocycles. The smallest absolute Gasteiger partial charge is 0.180 e. The lowest BCUT2D eigenvalue weighted by Gasteiger charge is -2.10. The number of halogens is 1. The maximum absolute atomic E-state index is 4.62. The number of aromatic nitrogens is 4. The summed E-state index contributed by atoms with van der Waals surface area (Å²) in [5.74, 6) is 2.00. The van der Waals surface area contributed by atoms with E-state index in [9.17, 15) is 0 Å². The molecule has 92 valence electrons. The van der Waals surface area contributed by atoms with E-state index in [0.717, 1.165) is 21.7 Å². The van der Waals surface area contributed by atoms with Crippen LogP contribution in [0.4, 0.5) is 5.82 Å². The van der Waals surface area contributed by atoms with Crippen LogP contribution < -0.4 is 5.32 Å². The third kappa shape index (κ3) is 2.08. The van der Waals surface area contributed by atoms with Gasteiger partial charge < -0.3 is 5.32 Å². The van der Waals surface area contributed by atoms with Gasteiger partial charge in [-0.1, -0.05) is 0 Å². The Morgan fingerprint density at radius 2 is 2.17 bits per heavy atom. The van der Waals surface area contributed by atoms with Crippen LogP contribution in [0.3, 0.4) is 0 Å². The van der Waals surface area contributed by atoms with Crippen LogP contribution in [0.25, 0.3) is 11.5 Å². The number of nitrogens with one attached hydrogen (secondary N) is 1. The van der Waals surface area contributed by atoms with Crippen LogP contribution in [0.2, 0.25) is 0 Å². The molecule has 0 spiro atoms. The Hall–Kier alpha value is -1.56. The average Bonchev–Trinajstić information content (AvgIpc) is 3.24. The second kappa shape index (κ2) is 4.61. The standard InChI is InChI=1S/C12H12BrN5/c1-14-12-9(13)10(7-2-3-7)17-11(18-12)8-4-5-15-6-16-8/h4-7H,2-3H2,1H3,(H,14,17,18). The van der Waals surface area contributed by atoms with Crippen LogP contribution in [0, 0.1) is 0 Å². The molecule has 0 saturated heterocycles. The van der Waals surface area contributed by atoms with Crippen LogP contribution in [0.1, 0.15) is 24.5 Å². The van der Waals surface area contributed by atoms with E-state index in [4.69, 9.17) is 0 Å². The maximum Gasteiger partial charge on any atom is 0.180 e. The lowest BCUT2D eigenvalue weighted by molar-refractivity contribution is 0.971. The number of rotatable bonds is 3. The molecule has 1 N–H and O–H groups in total. The van der Waals surface area contributed by atoms with E-state index in [1.165, 1.54) is 19.2 Å². The fourth-order valence-electron chi connectivity index (χ4n) is 1.79. The van der Waals surface area contributed by atoms with Gasteiger partial charge in [0.1, 0.15) is 17.8 Å². The molecule has 0 radical (unpaired) electrons. The highest BCUT2D eigenvalue weighted by Crippen LogP contribution is 2.44. The minimum Gasteiger partial charge on any atom is -0.372 e. The zero-order valence-corrected chi connectivity index (χ0v) is 11.5. The summed E-state index contributed by atoms with van der Waals surface area (Å²) >= 11 is 3.57. The fraction of sp³-hybridized carbons (Fsp3) is 0.333. The third-order valence-electron chi connectivity index (χ3n) is 2.89. The normalized spacial score (nSPS) is 14.6. The summed E-state index contributed by atoms with van der Waals surface area (Å²) < 4.78 is 0.963. The Morgan fingerprint density at radius 3 is 2.78 bits per heavy atom. The zero-order chi connectivity index (χ0) is 12.5. The number of hydrogen-bond donors (Lipinski definition) is 1. The first-order valence-corrected chi connectivity index (χ1v) is 6.60. The van der Waals surface area contributed by atoms with Crippen LogP contribution in [0.5, 0.6) is 0 Å². The Bertz CT molecular complexity index is 568. The third-order valence-corrected chi connectivity index (χ3v) is 3.67. The predicted molar refractivity (Wildman–Crippen MR) is 72.3 cm³/mol. The highest BCUT2D eigenvalue weighted by molar-refractivity contribution is 9.10. The summed E-state index contributed by atoms with van der Waals surface area (Å²) in [4.78, 5) is 17.2. The summed E-state index contributed by atoms with van der Waals surface area (Å²) in [6.07, 6.45) is 5.60. The Labute approximate surface area is 113 Å². The predicted octanol–water partition coefficient (Wildman–Crippen LogP) is 2.62. The molecule has 1 aliphatic rings. The van der Waals surface area contributed by atoms with E-state index in [2.05, 4.69) is 41.2 Å². The Morgan fingerprint density at radius 1 is 1.33 bits per heavy atom. The van der Waals surface area contributed by atoms with Crippen molar-refractivity contribution in [1.29, 1.82) is 0 Å². The molecular weight excluding hydrogens is 294 g/mol. The summed E-state index contributed by atoms with van der Waals surface area (Å²) in [5, 5.41) is 3.09. The number of hydrogen-bond acceptors (Lipinski definition) is 5. The van der Waals surface area contributed by atoms with Gasteiger partial charge in [-0.15, -0.1) is 0 Å². The largest absolute Gasteiger partial charge is 0.372 e. The molecule has 0 atom stereocenters. The van der Waals surface area contributed by atoms with Gasteiger partial charge in [0.05, 0.1) is 10.2 Å². The van der Waals surface area contributed by atoms with Gasteiger partial charge in [-0.3, -0.25) is 0 Å². The van der Waals surface area contributed by atoms with Gasteiger partial charge in [0.15, 0.2) is 5.82 Å². The maximum atomic E-state index is 4.62. The summed E-state index contributed by atoms with van der Waals surface area (Å²) in [6.45, 7) is 0. The van der Waals surface area contributed by atoms with Gasteiger partial charge >= 0.3 is 0 Å². The molecule has 6 heteroatoms. The molecule has 1 fully saturated rings. The second-order valence-corrected chi connectivity index (χ2v) is 5.01. The van der Waals surface area contributed by atoms with E-state index < -0.39 is 0 Å². The van der Waals surface area contributed by atoms with Gasteiger partial charge in [-0.2, -0.15) is 0 Å². The summed E-state index contributed by atoms with van der Waals surface area (Å²) in [7, 11) is 1.85. The lowest BCUT2D eigenvalue weighted by Crippen LogP contribution is -2.03. The molecule has 18 heavy (non-hydrogen) atoms. The summed E-state index contributed by atoms with van der Waals surface area (Å²) in [6, 6.07) is 1.82. The van der Waals surface area contributed by atoms with Gasteiger partial charge in [-0.05, 0) is 34.8 Å². The topological polar surface area (TPSA) is 63.6 Å². The Balaban J connectivity index is 2.13. The SMILES string of the molecule is CNc1nc(-c2ccncn2)nc(C2CC2)c1Br. The molecule has 1 aliphatic carbocycles. The van der Waals surface area contributed by atoms with Crippen molar-refractivity contribution in [3.63, 3.8) is 0 Å². The quantitative estimate of drug-likeness (QED) is 0.944. The Kier molecular flexibility index (Phi) is 2.95. The van der Waals surface area contributed by atoms with Crippen molar-refractivity contribution < 1.29 is 0 Å². The van der Waals surface area contributed by atoms with E-state index in [-0.39, 0.29) is 0 Å². The number of nitrogens with zero attached hydrogens (tertiary/aromatic N) is 4. The van der Waals surface area contributed by atoms with E-state index >= 15 is 0 Å². The van der Waals surface area contributed by atoms with Crippen LogP contribution in [0.15, 0.2) is 23.1 Å². The van der Waals surface area contributed by atoms with Crippen molar-refractivity contribution >= 4 is 21.7 Å². The van der Waals surface area contributed by atoms with Crippen molar-refractivity contribution in [2.75, 3.05) is 12.4 Å². The first-order valence-electron chi connectivity index (χ1n) is 5.81. The number of anilines is 1. The molecule has 0 aliphatic heterocycles. The fourth-order valence-corrected chi connectivity index (χ4v) is 2.49. The van der Waals surface area contributed by atoms with Crippen molar-refractivity contribution in [2.45, 2.75) is 18.8 Å². The summed E-state index contributed by atoms with van der Waals surface area (Å²) in [5.41, 5.74) is 1.82. The molecule has 0 unspecified atom stereocenters. The molecule has 1 saturated carbocycles. The molecular formula is C12H12BrN5. The molecule has 0 amide bonds. The van der Waals surface area contributed by atoms with Crippen LogP contribution in [-0.4, -0.2) is 27.0 Å². The minimum atomic E-state index is 0.551. The van der Waals surface area contributed by atoms with Crippen molar-refractivity contribution in [1.82, 2.24) is 19.9 Å². The molecule has 0 aromatic carbocycles. The van der Waals surface area contributed by atoms with Crippen LogP contribution >= 0.6 is 15.9 Å². The van der Waals surface area contributed by atoms with Gasteiger partial charge in [0, 0.05) is 19.2 Å². The molecule has 2 aromatic rings. The minimum absolute atomic E-state index is 0.551. The van der Waals surface area contributed by atoms with E-state index in [1.54, 1.807) is 6.20 Å². The van der Waals surface area contributed by atoms with E-state index in [1.807, 2.05) is 13.1 Å². The lowest BCUT2D eigenvalue weighted by atomic mass is 10.2. The zero-order valence-electron chi connectivity index (χ0n) is 9.89. The highest BCUT2D eigenvalue weighted by Gasteiger charge is 2.29. The second-order valence-electron chi connectivity index (χ2n) is 4.21. The first-order chi connectivity index (χ1) is 8.79. The molecule has 0 bridgehead atoms. The highest BCUT2D eigenvalue weighted by atomic mass is 79.9. The van der Waals surface area contributed by atoms with Crippen molar-refractivity contribution in [2.24, 2.45) is 0 Å². The van der Waals surface area contributed by atoms with Gasteiger partial charge in [0.2, 0.25) is 0 Å².